The predicted octanol–water partition coefficient (Wildman–Crippen LogP) is 8.97. The Kier molecular flexibility index (Phi) is 7.24. The minimum Gasteiger partial charge on any atom is -0.345 e. The van der Waals surface area contributed by atoms with Crippen molar-refractivity contribution in [2.24, 2.45) is 0 Å². The number of benzene rings is 4. The number of nitrogens with one attached hydrogen (secondary N) is 1. The lowest BCUT2D eigenvalue weighted by Gasteiger charge is -2.20. The summed E-state index contributed by atoms with van der Waals surface area (Å²) in [5.41, 5.74) is 5.89. The number of anilines is 2. The van der Waals surface area contributed by atoms with Gasteiger partial charge in [-0.05, 0) is 95.1 Å². The fourth-order valence-electron chi connectivity index (χ4n) is 3.47. The molecule has 4 aromatic carbocycles. The summed E-state index contributed by atoms with van der Waals surface area (Å²) in [5, 5.41) is 9.19. The normalized spacial score (nSPS) is 10.6. The standard InChI is InChI=1S/C28H22Cl2N2S/c1-19(21-6-10-25(11-7-21)32(2)26-12-8-23(29)9-13-26)22-14-20(18-31)15-28(16-22)33-27-5-3-4-24(30)17-27/h3-18,31H,1H2,2H3. The molecule has 0 saturated carbocycles. The molecule has 1 N–H and O–H groups in total. The van der Waals surface area contributed by atoms with Gasteiger partial charge in [0.15, 0.2) is 0 Å². The third-order valence-corrected chi connectivity index (χ3v) is 6.74. The van der Waals surface area contributed by atoms with E-state index < -0.39 is 0 Å². The van der Waals surface area contributed by atoms with Gasteiger partial charge in [-0.2, -0.15) is 0 Å². The van der Waals surface area contributed by atoms with Crippen LogP contribution in [-0.4, -0.2) is 13.3 Å². The molecule has 0 aliphatic carbocycles. The fourth-order valence-corrected chi connectivity index (χ4v) is 4.84. The van der Waals surface area contributed by atoms with Crippen LogP contribution < -0.4 is 4.90 Å². The Balaban J connectivity index is 1.58. The third-order valence-electron chi connectivity index (χ3n) is 5.29. The molecule has 0 aromatic heterocycles. The van der Waals surface area contributed by atoms with Crippen LogP contribution in [0.15, 0.2) is 107 Å². The van der Waals surface area contributed by atoms with Crippen molar-refractivity contribution in [3.8, 4) is 0 Å². The first-order valence-corrected chi connectivity index (χ1v) is 11.9. The summed E-state index contributed by atoms with van der Waals surface area (Å²) in [5.74, 6) is 0. The molecule has 0 spiro atoms. The topological polar surface area (TPSA) is 27.1 Å². The van der Waals surface area contributed by atoms with E-state index in [0.29, 0.717) is 5.02 Å². The lowest BCUT2D eigenvalue weighted by molar-refractivity contribution is 1.21. The van der Waals surface area contributed by atoms with E-state index in [0.717, 1.165) is 48.5 Å². The van der Waals surface area contributed by atoms with Crippen molar-refractivity contribution in [1.29, 1.82) is 5.41 Å². The first-order chi connectivity index (χ1) is 15.9. The monoisotopic (exact) mass is 488 g/mol. The van der Waals surface area contributed by atoms with Gasteiger partial charge >= 0.3 is 0 Å². The van der Waals surface area contributed by atoms with Gasteiger partial charge in [0.05, 0.1) is 0 Å². The summed E-state index contributed by atoms with van der Waals surface area (Å²) in [7, 11) is 2.03. The van der Waals surface area contributed by atoms with Crippen LogP contribution in [0.3, 0.4) is 0 Å². The van der Waals surface area contributed by atoms with Crippen LogP contribution in [0.2, 0.25) is 10.0 Å². The molecule has 5 heteroatoms. The lowest BCUT2D eigenvalue weighted by atomic mass is 9.98. The van der Waals surface area contributed by atoms with Gasteiger partial charge in [-0.25, -0.2) is 0 Å². The van der Waals surface area contributed by atoms with Crippen molar-refractivity contribution in [2.75, 3.05) is 11.9 Å². The van der Waals surface area contributed by atoms with E-state index in [2.05, 4.69) is 41.8 Å². The highest BCUT2D eigenvalue weighted by molar-refractivity contribution is 7.99. The van der Waals surface area contributed by atoms with Gasteiger partial charge in [0.25, 0.3) is 0 Å². The van der Waals surface area contributed by atoms with Crippen LogP contribution >= 0.6 is 35.0 Å². The minimum atomic E-state index is 0.705. The molecule has 33 heavy (non-hydrogen) atoms. The quantitative estimate of drug-likeness (QED) is 0.262. The molecule has 0 bridgehead atoms. The Hall–Kier alpha value is -2.98. The second-order valence-corrected chi connectivity index (χ2v) is 9.58. The maximum atomic E-state index is 7.77. The van der Waals surface area contributed by atoms with Crippen molar-refractivity contribution in [2.45, 2.75) is 9.79 Å². The minimum absolute atomic E-state index is 0.705. The van der Waals surface area contributed by atoms with Crippen molar-refractivity contribution in [3.05, 3.63) is 124 Å². The van der Waals surface area contributed by atoms with Crippen molar-refractivity contribution in [1.82, 2.24) is 0 Å². The molecule has 2 nitrogen and oxygen atoms in total. The number of hydrogen-bond donors (Lipinski definition) is 1. The number of nitrogens with zero attached hydrogens (tertiary/aromatic N) is 1. The number of halogens is 2. The van der Waals surface area contributed by atoms with Crippen LogP contribution in [-0.2, 0) is 0 Å². The zero-order valence-corrected chi connectivity index (χ0v) is 20.4. The van der Waals surface area contributed by atoms with Gasteiger partial charge in [0, 0.05) is 44.5 Å². The highest BCUT2D eigenvalue weighted by atomic mass is 35.5. The largest absolute Gasteiger partial charge is 0.345 e. The summed E-state index contributed by atoms with van der Waals surface area (Å²) in [6.07, 6.45) is 1.36. The molecule has 4 aromatic rings. The molecule has 4 rings (SSSR count). The Bertz CT molecular complexity index is 1300. The van der Waals surface area contributed by atoms with Gasteiger partial charge in [0.2, 0.25) is 0 Å². The predicted molar refractivity (Wildman–Crippen MR) is 144 cm³/mol. The van der Waals surface area contributed by atoms with Crippen LogP contribution in [0.5, 0.6) is 0 Å². The van der Waals surface area contributed by atoms with E-state index in [1.54, 1.807) is 11.8 Å². The Morgan fingerprint density at radius 2 is 1.45 bits per heavy atom. The lowest BCUT2D eigenvalue weighted by Crippen LogP contribution is -2.09. The van der Waals surface area contributed by atoms with Crippen LogP contribution in [0, 0.1) is 5.41 Å². The molecule has 0 aliphatic rings. The number of rotatable bonds is 7. The second-order valence-electron chi connectivity index (χ2n) is 7.56. The highest BCUT2D eigenvalue weighted by Crippen LogP contribution is 2.34. The second kappa shape index (κ2) is 10.3. The van der Waals surface area contributed by atoms with E-state index in [9.17, 15) is 0 Å². The molecule has 0 atom stereocenters. The summed E-state index contributed by atoms with van der Waals surface area (Å²) < 4.78 is 0. The smallest absolute Gasteiger partial charge is 0.0417 e. The van der Waals surface area contributed by atoms with Crippen LogP contribution in [0.4, 0.5) is 11.4 Å². The molecule has 0 amide bonds. The molecule has 0 heterocycles. The highest BCUT2D eigenvalue weighted by Gasteiger charge is 2.09. The van der Waals surface area contributed by atoms with E-state index >= 15 is 0 Å². The van der Waals surface area contributed by atoms with Gasteiger partial charge in [-0.1, -0.05) is 59.7 Å². The van der Waals surface area contributed by atoms with E-state index in [-0.39, 0.29) is 0 Å². The SMILES string of the molecule is C=C(c1ccc(N(C)c2ccc(Cl)cc2)cc1)c1cc(C=N)cc(Sc2cccc(Cl)c2)c1. The van der Waals surface area contributed by atoms with Crippen molar-refractivity contribution < 1.29 is 0 Å². The van der Waals surface area contributed by atoms with Gasteiger partial charge < -0.3 is 10.3 Å². The Labute approximate surface area is 209 Å². The number of hydrogen-bond acceptors (Lipinski definition) is 3. The molecular formula is C28H22Cl2N2S. The molecule has 0 fully saturated rings. The average Bonchev–Trinajstić information content (AvgIpc) is 2.83. The van der Waals surface area contributed by atoms with Crippen molar-refractivity contribution >= 4 is 58.1 Å². The maximum Gasteiger partial charge on any atom is 0.0417 e. The summed E-state index contributed by atoms with van der Waals surface area (Å²) in [6, 6.07) is 29.9. The Morgan fingerprint density at radius 1 is 0.788 bits per heavy atom. The van der Waals surface area contributed by atoms with E-state index in [1.165, 1.54) is 6.21 Å². The van der Waals surface area contributed by atoms with Gasteiger partial charge in [0.1, 0.15) is 0 Å². The summed E-state index contributed by atoms with van der Waals surface area (Å²) in [4.78, 5) is 4.20. The van der Waals surface area contributed by atoms with Crippen molar-refractivity contribution in [3.63, 3.8) is 0 Å². The van der Waals surface area contributed by atoms with E-state index in [4.69, 9.17) is 28.6 Å². The molecular weight excluding hydrogens is 467 g/mol. The first-order valence-electron chi connectivity index (χ1n) is 10.3. The van der Waals surface area contributed by atoms with E-state index in [1.807, 2.05) is 67.7 Å². The molecule has 0 aliphatic heterocycles. The molecule has 0 unspecified atom stereocenters. The molecule has 164 valence electrons. The van der Waals surface area contributed by atoms with Gasteiger partial charge in [-0.3, -0.25) is 0 Å². The van der Waals surface area contributed by atoms with Crippen LogP contribution in [0.25, 0.3) is 5.57 Å². The summed E-state index contributed by atoms with van der Waals surface area (Å²) in [6.45, 7) is 4.34. The first kappa shape index (κ1) is 23.2. The Morgan fingerprint density at radius 3 is 2.09 bits per heavy atom. The van der Waals surface area contributed by atoms with Crippen LogP contribution in [0.1, 0.15) is 16.7 Å². The zero-order chi connectivity index (χ0) is 23.4. The zero-order valence-electron chi connectivity index (χ0n) is 18.1. The maximum absolute atomic E-state index is 7.77. The summed E-state index contributed by atoms with van der Waals surface area (Å²) >= 11 is 13.8. The third kappa shape index (κ3) is 5.69. The van der Waals surface area contributed by atoms with Gasteiger partial charge in [-0.15, -0.1) is 0 Å². The average molecular weight is 489 g/mol. The molecule has 0 radical (unpaired) electrons. The molecule has 0 saturated heterocycles. The fraction of sp³-hybridized carbons (Fsp3) is 0.0357.